The van der Waals surface area contributed by atoms with Gasteiger partial charge in [-0.05, 0) is 19.4 Å². The monoisotopic (exact) mass is 179 g/mol. The van der Waals surface area contributed by atoms with Crippen LogP contribution in [0.1, 0.15) is 19.3 Å². The van der Waals surface area contributed by atoms with E-state index in [9.17, 15) is 4.79 Å². The normalized spacial score (nSPS) is 23.5. The van der Waals surface area contributed by atoms with Crippen LogP contribution in [0.2, 0.25) is 0 Å². The quantitative estimate of drug-likeness (QED) is 0.290. The molecular weight excluding hydrogens is 166 g/mol. The summed E-state index contributed by atoms with van der Waals surface area (Å²) in [5, 5.41) is 3.08. The van der Waals surface area contributed by atoms with E-state index >= 15 is 0 Å². The predicted octanol–water partition coefficient (Wildman–Crippen LogP) is -0.460. The van der Waals surface area contributed by atoms with Crippen molar-refractivity contribution in [2.75, 3.05) is 6.54 Å². The summed E-state index contributed by atoms with van der Waals surface area (Å²) in [4.78, 5) is 10.9. The lowest BCUT2D eigenvalue weighted by Crippen LogP contribution is -2.48. The first kappa shape index (κ1) is 10.7. The van der Waals surface area contributed by atoms with Gasteiger partial charge in [0.1, 0.15) is 0 Å². The van der Waals surface area contributed by atoms with Gasteiger partial charge in [0.15, 0.2) is 0 Å². The van der Waals surface area contributed by atoms with Crippen LogP contribution >= 0.6 is 12.4 Å². The van der Waals surface area contributed by atoms with Crippen molar-refractivity contribution in [2.45, 2.75) is 25.3 Å². The molecule has 1 rings (SSSR count). The Morgan fingerprint density at radius 3 is 2.73 bits per heavy atom. The molecule has 0 radical (unpaired) electrons. The Bertz CT molecular complexity index is 125. The van der Waals surface area contributed by atoms with Gasteiger partial charge in [0.25, 0.3) is 5.91 Å². The molecule has 4 nitrogen and oxygen atoms in total. The Hall–Kier alpha value is -0.320. The van der Waals surface area contributed by atoms with E-state index in [-0.39, 0.29) is 24.4 Å². The third-order valence-corrected chi connectivity index (χ3v) is 1.77. The minimum atomic E-state index is -0.0975. The van der Waals surface area contributed by atoms with Crippen LogP contribution in [0.4, 0.5) is 0 Å². The Balaban J connectivity index is 0.000001000. The molecule has 1 saturated heterocycles. The summed E-state index contributed by atoms with van der Waals surface area (Å²) < 4.78 is 0. The zero-order chi connectivity index (χ0) is 7.40. The molecule has 4 N–H and O–H groups in total. The zero-order valence-electron chi connectivity index (χ0n) is 6.30. The van der Waals surface area contributed by atoms with Gasteiger partial charge in [0.05, 0.1) is 6.04 Å². The largest absolute Gasteiger partial charge is 0.306 e. The number of amides is 1. The number of nitrogens with two attached hydrogens (primary N) is 1. The number of halogens is 1. The maximum atomic E-state index is 10.9. The SMILES string of the molecule is Cl.NNC(=O)C1CCCCN1. The number of rotatable bonds is 1. The van der Waals surface area contributed by atoms with Crippen LogP contribution in [0.3, 0.4) is 0 Å². The Morgan fingerprint density at radius 2 is 2.27 bits per heavy atom. The van der Waals surface area contributed by atoms with Crippen LogP contribution in [-0.2, 0) is 4.79 Å². The van der Waals surface area contributed by atoms with Gasteiger partial charge in [0.2, 0.25) is 0 Å². The number of nitrogens with one attached hydrogen (secondary N) is 2. The lowest BCUT2D eigenvalue weighted by atomic mass is 10.1. The van der Waals surface area contributed by atoms with E-state index in [1.54, 1.807) is 0 Å². The number of carbonyl (C=O) groups excluding carboxylic acids is 1. The summed E-state index contributed by atoms with van der Waals surface area (Å²) in [6.45, 7) is 0.929. The third kappa shape index (κ3) is 3.05. The molecular formula is C6H14ClN3O. The fourth-order valence-electron chi connectivity index (χ4n) is 1.18. The highest BCUT2D eigenvalue weighted by molar-refractivity contribution is 5.85. The average molecular weight is 180 g/mol. The first-order valence-corrected chi connectivity index (χ1v) is 3.58. The molecule has 1 amide bonds. The van der Waals surface area contributed by atoms with Crippen LogP contribution < -0.4 is 16.6 Å². The van der Waals surface area contributed by atoms with Crippen LogP contribution in [0, 0.1) is 0 Å². The minimum absolute atomic E-state index is 0. The average Bonchev–Trinajstić information content (AvgIpc) is 2.05. The van der Waals surface area contributed by atoms with E-state index in [0.29, 0.717) is 0 Å². The number of carbonyl (C=O) groups is 1. The first-order valence-electron chi connectivity index (χ1n) is 3.58. The number of piperidine rings is 1. The molecule has 0 saturated carbocycles. The molecule has 0 aliphatic carbocycles. The van der Waals surface area contributed by atoms with Crippen molar-refractivity contribution in [2.24, 2.45) is 5.84 Å². The second-order valence-electron chi connectivity index (χ2n) is 2.51. The predicted molar refractivity (Wildman–Crippen MR) is 45.2 cm³/mol. The van der Waals surface area contributed by atoms with Crippen molar-refractivity contribution < 1.29 is 4.79 Å². The number of hydrogen-bond acceptors (Lipinski definition) is 3. The molecule has 1 atom stereocenters. The van der Waals surface area contributed by atoms with Crippen molar-refractivity contribution in [1.29, 1.82) is 0 Å². The maximum absolute atomic E-state index is 10.9. The van der Waals surface area contributed by atoms with Crippen molar-refractivity contribution in [3.05, 3.63) is 0 Å². The smallest absolute Gasteiger partial charge is 0.250 e. The van der Waals surface area contributed by atoms with Crippen molar-refractivity contribution in [1.82, 2.24) is 10.7 Å². The van der Waals surface area contributed by atoms with Crippen molar-refractivity contribution in [3.8, 4) is 0 Å². The van der Waals surface area contributed by atoms with Gasteiger partial charge in [-0.3, -0.25) is 10.2 Å². The van der Waals surface area contributed by atoms with E-state index < -0.39 is 0 Å². The number of hydrogen-bond donors (Lipinski definition) is 3. The van der Waals surface area contributed by atoms with E-state index in [1.165, 1.54) is 0 Å². The molecule has 1 heterocycles. The summed E-state index contributed by atoms with van der Waals surface area (Å²) >= 11 is 0. The topological polar surface area (TPSA) is 67.1 Å². The second kappa shape index (κ2) is 5.35. The van der Waals surface area contributed by atoms with E-state index in [1.807, 2.05) is 0 Å². The van der Waals surface area contributed by atoms with Gasteiger partial charge < -0.3 is 5.32 Å². The molecule has 5 heteroatoms. The van der Waals surface area contributed by atoms with Crippen LogP contribution in [0.5, 0.6) is 0 Å². The molecule has 0 aromatic heterocycles. The molecule has 1 aliphatic heterocycles. The summed E-state index contributed by atoms with van der Waals surface area (Å²) in [5.41, 5.74) is 2.13. The highest BCUT2D eigenvalue weighted by Crippen LogP contribution is 2.05. The second-order valence-corrected chi connectivity index (χ2v) is 2.51. The van der Waals surface area contributed by atoms with Crippen LogP contribution in [0.25, 0.3) is 0 Å². The van der Waals surface area contributed by atoms with Crippen molar-refractivity contribution >= 4 is 18.3 Å². The Labute approximate surface area is 72.3 Å². The maximum Gasteiger partial charge on any atom is 0.250 e. The molecule has 0 aromatic rings. The molecule has 0 spiro atoms. The van der Waals surface area contributed by atoms with E-state index in [0.717, 1.165) is 25.8 Å². The van der Waals surface area contributed by atoms with Crippen LogP contribution in [-0.4, -0.2) is 18.5 Å². The fraction of sp³-hybridized carbons (Fsp3) is 0.833. The summed E-state index contributed by atoms with van der Waals surface area (Å²) in [5.74, 6) is 4.87. The van der Waals surface area contributed by atoms with Gasteiger partial charge in [-0.2, -0.15) is 0 Å². The lowest BCUT2D eigenvalue weighted by Gasteiger charge is -2.21. The zero-order valence-corrected chi connectivity index (χ0v) is 7.12. The van der Waals surface area contributed by atoms with Crippen molar-refractivity contribution in [3.63, 3.8) is 0 Å². The molecule has 1 aliphatic rings. The summed E-state index contributed by atoms with van der Waals surface area (Å²) in [7, 11) is 0. The standard InChI is InChI=1S/C6H13N3O.ClH/c7-9-6(10)5-3-1-2-4-8-5;/h5,8H,1-4,7H2,(H,9,10);1H. The Kier molecular flexibility index (Phi) is 5.19. The van der Waals surface area contributed by atoms with Crippen LogP contribution in [0.15, 0.2) is 0 Å². The summed E-state index contributed by atoms with van der Waals surface area (Å²) in [6, 6.07) is -0.0567. The van der Waals surface area contributed by atoms with Gasteiger partial charge in [-0.15, -0.1) is 12.4 Å². The molecule has 0 bridgehead atoms. The first-order chi connectivity index (χ1) is 4.84. The Morgan fingerprint density at radius 1 is 1.55 bits per heavy atom. The molecule has 1 fully saturated rings. The van der Waals surface area contributed by atoms with E-state index in [4.69, 9.17) is 5.84 Å². The molecule has 11 heavy (non-hydrogen) atoms. The molecule has 0 aromatic carbocycles. The van der Waals surface area contributed by atoms with Gasteiger partial charge in [0, 0.05) is 0 Å². The number of hydrazine groups is 1. The third-order valence-electron chi connectivity index (χ3n) is 1.77. The lowest BCUT2D eigenvalue weighted by molar-refractivity contribution is -0.123. The fourth-order valence-corrected chi connectivity index (χ4v) is 1.18. The summed E-state index contributed by atoms with van der Waals surface area (Å²) in [6.07, 6.45) is 3.18. The molecule has 1 unspecified atom stereocenters. The molecule has 66 valence electrons. The minimum Gasteiger partial charge on any atom is -0.306 e. The highest BCUT2D eigenvalue weighted by atomic mass is 35.5. The highest BCUT2D eigenvalue weighted by Gasteiger charge is 2.18. The van der Waals surface area contributed by atoms with Gasteiger partial charge >= 0.3 is 0 Å². The van der Waals surface area contributed by atoms with E-state index in [2.05, 4.69) is 10.7 Å². The van der Waals surface area contributed by atoms with Gasteiger partial charge in [-0.25, -0.2) is 5.84 Å². The van der Waals surface area contributed by atoms with Gasteiger partial charge in [-0.1, -0.05) is 6.42 Å².